The molecule has 0 aromatic rings. The van der Waals surface area contributed by atoms with Crippen molar-refractivity contribution in [2.45, 2.75) is 174 Å². The number of aliphatic hydroxyl groups is 1. The standard InChI is InChI=1S/C58H89O11P/c1-4-7-10-13-16-19-22-25-27-30-32-35-38-41-44-47-56(60)65-51-55(69-58(62)49-46-43-40-37-34-31-28-26-23-20-17-14-11-8-5-2)53-67-70(63,64)66-52-54(50-59)68-57(61)48-45-42-39-36-33-29-24-21-18-15-12-9-6-3/h7-12,16-21,25-29,32-35,37,39,42,54-55,59H,4-6,13-15,22-24,30-31,36,38,40-41,43-53H2,1-3H3,(H,63,64)/b10-7-,11-8-,12-9-,19-16-,20-17-,21-18-,27-25-,28-26-,33-29-,35-32-,37-34-,42-39-. The van der Waals surface area contributed by atoms with Crippen LogP contribution in [-0.2, 0) is 42.2 Å². The van der Waals surface area contributed by atoms with E-state index in [-0.39, 0.29) is 25.9 Å². The van der Waals surface area contributed by atoms with E-state index in [0.29, 0.717) is 19.3 Å². The SMILES string of the molecule is CC/C=C\C/C=C\C/C=C\C/C=C\CCCCC(=O)OCC(COP(=O)(O)OCC(CO)OC(=O)CC/C=C\C/C=C\C/C=C\C/C=C\CC)OC(=O)CCCC/C=C\C/C=C\C/C=C\C/C=C\CC. The minimum Gasteiger partial charge on any atom is -0.462 e. The van der Waals surface area contributed by atoms with Gasteiger partial charge in [0.25, 0.3) is 0 Å². The molecule has 392 valence electrons. The van der Waals surface area contributed by atoms with E-state index < -0.39 is 57.8 Å². The summed E-state index contributed by atoms with van der Waals surface area (Å²) in [6, 6.07) is 0. The van der Waals surface area contributed by atoms with E-state index in [0.717, 1.165) is 103 Å². The predicted molar refractivity (Wildman–Crippen MR) is 288 cm³/mol. The second-order valence-electron chi connectivity index (χ2n) is 16.2. The molecule has 0 aromatic heterocycles. The fourth-order valence-corrected chi connectivity index (χ4v) is 6.72. The van der Waals surface area contributed by atoms with Crippen molar-refractivity contribution in [2.75, 3.05) is 26.4 Å². The Balaban J connectivity index is 4.97. The van der Waals surface area contributed by atoms with Crippen molar-refractivity contribution in [3.05, 3.63) is 146 Å². The van der Waals surface area contributed by atoms with Gasteiger partial charge in [0.1, 0.15) is 12.7 Å². The first kappa shape index (κ1) is 65.4. The molecule has 0 saturated carbocycles. The van der Waals surface area contributed by atoms with Crippen LogP contribution < -0.4 is 0 Å². The van der Waals surface area contributed by atoms with E-state index in [1.807, 2.05) is 18.2 Å². The van der Waals surface area contributed by atoms with Crippen LogP contribution in [0.2, 0.25) is 0 Å². The van der Waals surface area contributed by atoms with Crippen LogP contribution in [-0.4, -0.2) is 66.5 Å². The third kappa shape index (κ3) is 48.4. The molecule has 0 saturated heterocycles. The number of hydrogen-bond acceptors (Lipinski definition) is 10. The minimum absolute atomic E-state index is 0.0412. The van der Waals surface area contributed by atoms with Gasteiger partial charge in [0.05, 0.1) is 19.8 Å². The molecule has 12 heteroatoms. The highest BCUT2D eigenvalue weighted by molar-refractivity contribution is 7.47. The van der Waals surface area contributed by atoms with Gasteiger partial charge in [-0.2, -0.15) is 0 Å². The summed E-state index contributed by atoms with van der Waals surface area (Å²) in [5, 5.41) is 9.76. The average Bonchev–Trinajstić information content (AvgIpc) is 3.35. The van der Waals surface area contributed by atoms with E-state index in [1.54, 1.807) is 0 Å². The molecule has 0 rings (SSSR count). The number of ether oxygens (including phenoxy) is 3. The topological polar surface area (TPSA) is 155 Å². The Kier molecular flexibility index (Phi) is 47.4. The molecule has 0 aromatic carbocycles. The summed E-state index contributed by atoms with van der Waals surface area (Å²) in [6.07, 6.45) is 64.2. The zero-order chi connectivity index (χ0) is 51.3. The maximum atomic E-state index is 12.8. The van der Waals surface area contributed by atoms with Crippen molar-refractivity contribution in [3.8, 4) is 0 Å². The van der Waals surface area contributed by atoms with Gasteiger partial charge in [-0.1, -0.05) is 167 Å². The number of phosphoric ester groups is 1. The molecule has 3 unspecified atom stereocenters. The van der Waals surface area contributed by atoms with Crippen LogP contribution >= 0.6 is 7.82 Å². The van der Waals surface area contributed by atoms with E-state index in [2.05, 4.69) is 148 Å². The first-order valence-electron chi connectivity index (χ1n) is 25.7. The Hall–Kier alpha value is -4.64. The summed E-state index contributed by atoms with van der Waals surface area (Å²) < 4.78 is 39.2. The Morgan fingerprint density at radius 3 is 1.10 bits per heavy atom. The molecule has 0 aliphatic heterocycles. The van der Waals surface area contributed by atoms with E-state index in [4.69, 9.17) is 23.3 Å². The zero-order valence-corrected chi connectivity index (χ0v) is 43.8. The highest BCUT2D eigenvalue weighted by atomic mass is 31.2. The van der Waals surface area contributed by atoms with Crippen LogP contribution in [0.3, 0.4) is 0 Å². The normalized spacial score (nSPS) is 14.6. The maximum absolute atomic E-state index is 12.8. The Morgan fingerprint density at radius 2 is 0.714 bits per heavy atom. The molecule has 0 bridgehead atoms. The van der Waals surface area contributed by atoms with Crippen molar-refractivity contribution in [1.29, 1.82) is 0 Å². The Labute approximate surface area is 422 Å². The number of hydrogen-bond donors (Lipinski definition) is 2. The second-order valence-corrected chi connectivity index (χ2v) is 17.6. The third-order valence-electron chi connectivity index (χ3n) is 9.75. The molecule has 0 amide bonds. The third-order valence-corrected chi connectivity index (χ3v) is 10.7. The lowest BCUT2D eigenvalue weighted by atomic mass is 10.1. The minimum atomic E-state index is -4.79. The molecule has 0 radical (unpaired) electrons. The van der Waals surface area contributed by atoms with Crippen molar-refractivity contribution < 1.29 is 52.2 Å². The average molecular weight is 993 g/mol. The first-order chi connectivity index (χ1) is 34.2. The van der Waals surface area contributed by atoms with Crippen molar-refractivity contribution in [1.82, 2.24) is 0 Å². The largest absolute Gasteiger partial charge is 0.472 e. The number of carbonyl (C=O) groups excluding carboxylic acids is 3. The van der Waals surface area contributed by atoms with Crippen LogP contribution in [0, 0.1) is 0 Å². The van der Waals surface area contributed by atoms with E-state index >= 15 is 0 Å². The Bertz CT molecular complexity index is 1730. The molecule has 11 nitrogen and oxygen atoms in total. The van der Waals surface area contributed by atoms with Crippen LogP contribution in [0.1, 0.15) is 162 Å². The second kappa shape index (κ2) is 50.7. The van der Waals surface area contributed by atoms with Crippen LogP contribution in [0.4, 0.5) is 0 Å². The fraction of sp³-hybridized carbons (Fsp3) is 0.534. The lowest BCUT2D eigenvalue weighted by Gasteiger charge is -2.21. The predicted octanol–water partition coefficient (Wildman–Crippen LogP) is 14.8. The van der Waals surface area contributed by atoms with Gasteiger partial charge in [0.15, 0.2) is 6.10 Å². The molecule has 70 heavy (non-hydrogen) atoms. The molecular weight excluding hydrogens is 904 g/mol. The highest BCUT2D eigenvalue weighted by Gasteiger charge is 2.28. The number of aliphatic hydroxyl groups excluding tert-OH is 1. The van der Waals surface area contributed by atoms with Gasteiger partial charge in [0, 0.05) is 19.3 Å². The van der Waals surface area contributed by atoms with Crippen molar-refractivity contribution >= 4 is 25.7 Å². The number of carbonyl (C=O) groups is 3. The van der Waals surface area contributed by atoms with Crippen molar-refractivity contribution in [2.24, 2.45) is 0 Å². The van der Waals surface area contributed by atoms with Gasteiger partial charge < -0.3 is 24.2 Å². The Morgan fingerprint density at radius 1 is 0.400 bits per heavy atom. The van der Waals surface area contributed by atoms with E-state index in [1.165, 1.54) is 0 Å². The molecule has 0 aliphatic rings. The number of allylic oxidation sites excluding steroid dienone is 24. The van der Waals surface area contributed by atoms with Gasteiger partial charge in [-0.25, -0.2) is 4.57 Å². The van der Waals surface area contributed by atoms with Gasteiger partial charge >= 0.3 is 25.7 Å². The number of rotatable bonds is 45. The van der Waals surface area contributed by atoms with Gasteiger partial charge in [-0.05, 0) is 122 Å². The molecule has 0 spiro atoms. The quantitative estimate of drug-likeness (QED) is 0.0197. The van der Waals surface area contributed by atoms with Crippen LogP contribution in [0.15, 0.2) is 146 Å². The maximum Gasteiger partial charge on any atom is 0.472 e. The number of phosphoric acid groups is 1. The molecule has 0 fully saturated rings. The summed E-state index contributed by atoms with van der Waals surface area (Å²) in [7, 11) is -4.79. The summed E-state index contributed by atoms with van der Waals surface area (Å²) in [5.74, 6) is -1.68. The van der Waals surface area contributed by atoms with E-state index in [9.17, 15) is 28.9 Å². The lowest BCUT2D eigenvalue weighted by Crippen LogP contribution is -2.30. The summed E-state index contributed by atoms with van der Waals surface area (Å²) in [6.45, 7) is 4.06. The van der Waals surface area contributed by atoms with Gasteiger partial charge in [-0.15, -0.1) is 0 Å². The van der Waals surface area contributed by atoms with Crippen LogP contribution in [0.5, 0.6) is 0 Å². The van der Waals surface area contributed by atoms with Crippen molar-refractivity contribution in [3.63, 3.8) is 0 Å². The summed E-state index contributed by atoms with van der Waals surface area (Å²) in [4.78, 5) is 48.3. The molecule has 0 heterocycles. The smallest absolute Gasteiger partial charge is 0.462 e. The zero-order valence-electron chi connectivity index (χ0n) is 42.9. The lowest BCUT2D eigenvalue weighted by molar-refractivity contribution is -0.161. The fourth-order valence-electron chi connectivity index (χ4n) is 5.94. The van der Waals surface area contributed by atoms with Crippen LogP contribution in [0.25, 0.3) is 0 Å². The van der Waals surface area contributed by atoms with Gasteiger partial charge in [-0.3, -0.25) is 23.4 Å². The molecule has 2 N–H and O–H groups in total. The molecule has 0 aliphatic carbocycles. The molecular formula is C58H89O11P. The highest BCUT2D eigenvalue weighted by Crippen LogP contribution is 2.43. The first-order valence-corrected chi connectivity index (χ1v) is 27.2. The monoisotopic (exact) mass is 993 g/mol. The van der Waals surface area contributed by atoms with Gasteiger partial charge in [0.2, 0.25) is 0 Å². The summed E-state index contributed by atoms with van der Waals surface area (Å²) in [5.41, 5.74) is 0. The molecule has 3 atom stereocenters. The summed E-state index contributed by atoms with van der Waals surface area (Å²) >= 11 is 0. The number of esters is 3. The number of unbranched alkanes of at least 4 members (excludes halogenated alkanes) is 4.